The maximum atomic E-state index is 15.6. The number of hydrogen-bond acceptors (Lipinski definition) is 4. The Labute approximate surface area is 190 Å². The highest BCUT2D eigenvalue weighted by atomic mass is 19.2. The van der Waals surface area contributed by atoms with Crippen molar-refractivity contribution >= 4 is 0 Å². The Balaban J connectivity index is 1.87. The Morgan fingerprint density at radius 2 is 2.03 bits per heavy atom. The molecule has 7 heteroatoms. The van der Waals surface area contributed by atoms with E-state index in [1.807, 2.05) is 11.8 Å². The molecular weight excluding hydrogens is 417 g/mol. The first-order chi connectivity index (χ1) is 15.0. The first-order valence-corrected chi connectivity index (χ1v) is 12.1. The number of aliphatic hydroxyl groups is 1. The fourth-order valence-corrected chi connectivity index (χ4v) is 6.45. The van der Waals surface area contributed by atoms with Gasteiger partial charge in [-0.2, -0.15) is 5.26 Å². The molecule has 3 rings (SSSR count). The normalized spacial score (nSPS) is 39.7. The minimum absolute atomic E-state index is 0.000629. The SMILES string of the molecule is COC(O)CCC1=CC(F)[C@@H](C2C3CCC(C#N)CC3CC(C)N2CC(C)(C)F)C(F)C1. The molecule has 9 atom stereocenters. The summed E-state index contributed by atoms with van der Waals surface area (Å²) in [6, 6.07) is 2.01. The number of nitriles is 1. The molecule has 0 radical (unpaired) electrons. The van der Waals surface area contributed by atoms with Gasteiger partial charge in [-0.1, -0.05) is 11.6 Å². The summed E-state index contributed by atoms with van der Waals surface area (Å²) in [5.74, 6) is -0.526. The van der Waals surface area contributed by atoms with Gasteiger partial charge in [0.15, 0.2) is 6.29 Å². The van der Waals surface area contributed by atoms with Crippen molar-refractivity contribution in [2.75, 3.05) is 13.7 Å². The number of allylic oxidation sites excluding steroid dienone is 2. The first kappa shape index (κ1) is 25.5. The van der Waals surface area contributed by atoms with Crippen LogP contribution < -0.4 is 0 Å². The smallest absolute Gasteiger partial charge is 0.154 e. The van der Waals surface area contributed by atoms with Crippen LogP contribution in [0.1, 0.15) is 65.7 Å². The van der Waals surface area contributed by atoms with Crippen LogP contribution >= 0.6 is 0 Å². The van der Waals surface area contributed by atoms with E-state index < -0.39 is 30.2 Å². The molecule has 3 aliphatic rings. The molecule has 0 amide bonds. The predicted molar refractivity (Wildman–Crippen MR) is 118 cm³/mol. The number of hydrogen-bond donors (Lipinski definition) is 1. The van der Waals surface area contributed by atoms with Crippen LogP contribution in [0.3, 0.4) is 0 Å². The number of methoxy groups -OCH3 is 1. The molecule has 2 fully saturated rings. The Kier molecular flexibility index (Phi) is 8.33. The number of nitrogens with zero attached hydrogens (tertiary/aromatic N) is 2. The number of aliphatic hydroxyl groups excluding tert-OH is 1. The Morgan fingerprint density at radius 3 is 2.62 bits per heavy atom. The Bertz CT molecular complexity index is 704. The molecule has 0 bridgehead atoms. The van der Waals surface area contributed by atoms with Gasteiger partial charge >= 0.3 is 0 Å². The predicted octanol–water partition coefficient (Wildman–Crippen LogP) is 5.12. The molecule has 4 nitrogen and oxygen atoms in total. The Hall–Kier alpha value is -1.10. The van der Waals surface area contributed by atoms with Gasteiger partial charge in [0.25, 0.3) is 0 Å². The number of alkyl halides is 3. The van der Waals surface area contributed by atoms with Crippen molar-refractivity contribution in [3.05, 3.63) is 11.6 Å². The van der Waals surface area contributed by atoms with E-state index in [1.54, 1.807) is 0 Å². The monoisotopic (exact) mass is 456 g/mol. The zero-order valence-electron chi connectivity index (χ0n) is 19.8. The second-order valence-electron chi connectivity index (χ2n) is 10.8. The fourth-order valence-electron chi connectivity index (χ4n) is 6.45. The number of halogens is 3. The van der Waals surface area contributed by atoms with E-state index in [4.69, 9.17) is 4.74 Å². The number of piperidine rings is 1. The molecule has 1 saturated heterocycles. The van der Waals surface area contributed by atoms with Crippen LogP contribution in [0.15, 0.2) is 11.6 Å². The van der Waals surface area contributed by atoms with Crippen LogP contribution in [0.5, 0.6) is 0 Å². The summed E-state index contributed by atoms with van der Waals surface area (Å²) in [5, 5.41) is 19.0. The zero-order chi connectivity index (χ0) is 23.6. The molecule has 182 valence electrons. The second kappa shape index (κ2) is 10.4. The molecule has 32 heavy (non-hydrogen) atoms. The minimum Gasteiger partial charge on any atom is -0.368 e. The van der Waals surface area contributed by atoms with Gasteiger partial charge in [0.2, 0.25) is 0 Å². The molecule has 1 saturated carbocycles. The molecule has 1 N–H and O–H groups in total. The first-order valence-electron chi connectivity index (χ1n) is 12.1. The lowest BCUT2D eigenvalue weighted by Crippen LogP contribution is -2.62. The lowest BCUT2D eigenvalue weighted by atomic mass is 9.61. The maximum Gasteiger partial charge on any atom is 0.154 e. The summed E-state index contributed by atoms with van der Waals surface area (Å²) in [6.45, 7) is 5.22. The van der Waals surface area contributed by atoms with Crippen LogP contribution in [-0.4, -0.2) is 60.0 Å². The van der Waals surface area contributed by atoms with E-state index in [-0.39, 0.29) is 42.8 Å². The highest BCUT2D eigenvalue weighted by molar-refractivity contribution is 5.17. The standard InChI is InChI=1S/C25H39F3N2O2/c1-15-9-18-10-17(13-29)5-7-19(18)24(30(15)14-25(2,3)28)23-20(26)11-16(12-21(23)27)6-8-22(31)32-4/h11,15,17-24,31H,5-10,12,14H2,1-4H3/t15?,17?,18?,19?,20?,21?,22?,23-,24?/m1/s1. The molecule has 0 spiro atoms. The molecule has 0 aromatic heterocycles. The lowest BCUT2D eigenvalue weighted by molar-refractivity contribution is -0.0921. The average Bonchev–Trinajstić information content (AvgIpc) is 2.72. The maximum absolute atomic E-state index is 15.6. The van der Waals surface area contributed by atoms with E-state index in [1.165, 1.54) is 27.0 Å². The molecule has 1 heterocycles. The van der Waals surface area contributed by atoms with Gasteiger partial charge < -0.3 is 9.84 Å². The summed E-state index contributed by atoms with van der Waals surface area (Å²) in [4.78, 5) is 2.03. The minimum atomic E-state index is -1.47. The molecule has 8 unspecified atom stereocenters. The summed E-state index contributed by atoms with van der Waals surface area (Å²) in [7, 11) is 1.40. The van der Waals surface area contributed by atoms with Crippen LogP contribution in [0.25, 0.3) is 0 Å². The van der Waals surface area contributed by atoms with Crippen LogP contribution in [-0.2, 0) is 4.74 Å². The highest BCUT2D eigenvalue weighted by Crippen LogP contribution is 2.49. The van der Waals surface area contributed by atoms with Gasteiger partial charge in [0, 0.05) is 50.4 Å². The summed E-state index contributed by atoms with van der Waals surface area (Å²) in [5.41, 5.74) is -0.796. The number of likely N-dealkylation sites (tertiary alicyclic amines) is 1. The van der Waals surface area contributed by atoms with E-state index in [0.29, 0.717) is 18.4 Å². The molecular formula is C25H39F3N2O2. The van der Waals surface area contributed by atoms with Crippen molar-refractivity contribution < 1.29 is 23.0 Å². The van der Waals surface area contributed by atoms with E-state index in [9.17, 15) is 14.8 Å². The largest absolute Gasteiger partial charge is 0.368 e. The average molecular weight is 457 g/mol. The van der Waals surface area contributed by atoms with Crippen molar-refractivity contribution in [3.63, 3.8) is 0 Å². The molecule has 0 aromatic carbocycles. The lowest BCUT2D eigenvalue weighted by Gasteiger charge is -2.56. The van der Waals surface area contributed by atoms with E-state index in [2.05, 4.69) is 6.07 Å². The van der Waals surface area contributed by atoms with Crippen molar-refractivity contribution in [3.8, 4) is 6.07 Å². The summed E-state index contributed by atoms with van der Waals surface area (Å²) in [6.07, 6.45) is 1.70. The fraction of sp³-hybridized carbons (Fsp3) is 0.880. The summed E-state index contributed by atoms with van der Waals surface area (Å²) < 4.78 is 50.8. The van der Waals surface area contributed by atoms with Crippen molar-refractivity contribution in [1.29, 1.82) is 5.26 Å². The number of rotatable bonds is 7. The van der Waals surface area contributed by atoms with Gasteiger partial charge in [-0.15, -0.1) is 0 Å². The van der Waals surface area contributed by atoms with E-state index >= 15 is 8.78 Å². The van der Waals surface area contributed by atoms with Gasteiger partial charge in [-0.25, -0.2) is 13.2 Å². The third-order valence-corrected chi connectivity index (χ3v) is 7.83. The third kappa shape index (κ3) is 5.87. The van der Waals surface area contributed by atoms with Gasteiger partial charge in [-0.3, -0.25) is 4.90 Å². The van der Waals surface area contributed by atoms with Gasteiger partial charge in [-0.05, 0) is 64.7 Å². The molecule has 2 aliphatic carbocycles. The Morgan fingerprint density at radius 1 is 1.31 bits per heavy atom. The zero-order valence-corrected chi connectivity index (χ0v) is 19.8. The third-order valence-electron chi connectivity index (χ3n) is 7.83. The topological polar surface area (TPSA) is 56.5 Å². The number of fused-ring (bicyclic) bond motifs is 1. The summed E-state index contributed by atoms with van der Waals surface area (Å²) >= 11 is 0. The van der Waals surface area contributed by atoms with Gasteiger partial charge in [0.1, 0.15) is 18.0 Å². The van der Waals surface area contributed by atoms with E-state index in [0.717, 1.165) is 25.7 Å². The number of ether oxygens (including phenoxy) is 1. The van der Waals surface area contributed by atoms with Crippen LogP contribution in [0, 0.1) is 35.0 Å². The highest BCUT2D eigenvalue weighted by Gasteiger charge is 2.52. The van der Waals surface area contributed by atoms with Crippen molar-refractivity contribution in [2.45, 2.75) is 102 Å². The van der Waals surface area contributed by atoms with Gasteiger partial charge in [0.05, 0.1) is 6.07 Å². The molecule has 1 aliphatic heterocycles. The quantitative estimate of drug-likeness (QED) is 0.427. The van der Waals surface area contributed by atoms with Crippen molar-refractivity contribution in [1.82, 2.24) is 4.90 Å². The van der Waals surface area contributed by atoms with Crippen molar-refractivity contribution in [2.24, 2.45) is 23.7 Å². The van der Waals surface area contributed by atoms with Crippen LogP contribution in [0.2, 0.25) is 0 Å². The second-order valence-corrected chi connectivity index (χ2v) is 10.8. The molecule has 0 aromatic rings. The van der Waals surface area contributed by atoms with Crippen LogP contribution in [0.4, 0.5) is 13.2 Å².